The van der Waals surface area contributed by atoms with E-state index >= 15 is 0 Å². The van der Waals surface area contributed by atoms with Crippen LogP contribution in [0.15, 0.2) is 28.7 Å². The molecule has 1 aromatic heterocycles. The summed E-state index contributed by atoms with van der Waals surface area (Å²) in [6.07, 6.45) is 2.29. The van der Waals surface area contributed by atoms with Crippen LogP contribution < -0.4 is 5.32 Å². The molecule has 1 aromatic carbocycles. The molecule has 1 nitrogen and oxygen atoms in total. The van der Waals surface area contributed by atoms with Crippen LogP contribution in [-0.2, 0) is 6.42 Å². The van der Waals surface area contributed by atoms with Crippen LogP contribution >= 0.6 is 38.9 Å². The van der Waals surface area contributed by atoms with Crippen LogP contribution in [-0.4, -0.2) is 0 Å². The van der Waals surface area contributed by atoms with E-state index < -0.39 is 0 Å². The molecule has 0 amide bonds. The highest BCUT2D eigenvalue weighted by molar-refractivity contribution is 9.10. The lowest BCUT2D eigenvalue weighted by Crippen LogP contribution is -2.06. The van der Waals surface area contributed by atoms with Gasteiger partial charge in [0, 0.05) is 15.0 Å². The zero-order chi connectivity index (χ0) is 12.7. The van der Waals surface area contributed by atoms with E-state index in [1.807, 2.05) is 0 Å². The zero-order valence-electron chi connectivity index (χ0n) is 9.97. The topological polar surface area (TPSA) is 12.0 Å². The summed E-state index contributed by atoms with van der Waals surface area (Å²) in [4.78, 5) is 1.43. The molecule has 1 aliphatic carbocycles. The molecule has 1 heterocycles. The molecule has 0 saturated carbocycles. The molecule has 4 heteroatoms. The fraction of sp³-hybridized carbons (Fsp3) is 0.286. The molecule has 1 unspecified atom stereocenters. The van der Waals surface area contributed by atoms with Crippen molar-refractivity contribution in [2.75, 3.05) is 5.32 Å². The number of thiophene rings is 1. The van der Waals surface area contributed by atoms with Crippen molar-refractivity contribution in [3.05, 3.63) is 49.1 Å². The van der Waals surface area contributed by atoms with Crippen LogP contribution in [0.3, 0.4) is 0 Å². The lowest BCUT2D eigenvalue weighted by Gasteiger charge is -2.15. The second-order valence-corrected chi connectivity index (χ2v) is 7.37. The standard InChI is InChI=1S/C14H13BrClNS/c1-8-4-9(15)6-10(5-8)17-12-2-3-13-11(12)7-14(16)18-13/h4-7,12,17H,2-3H2,1H3. The monoisotopic (exact) mass is 341 g/mol. The first-order chi connectivity index (χ1) is 8.61. The first-order valence-corrected chi connectivity index (χ1v) is 7.92. The zero-order valence-corrected chi connectivity index (χ0v) is 13.1. The Kier molecular flexibility index (Phi) is 3.39. The van der Waals surface area contributed by atoms with Crippen LogP contribution in [0.5, 0.6) is 0 Å². The lowest BCUT2D eigenvalue weighted by molar-refractivity contribution is 0.762. The van der Waals surface area contributed by atoms with Crippen LogP contribution in [0.25, 0.3) is 0 Å². The molecule has 2 aromatic rings. The Morgan fingerprint density at radius 2 is 2.17 bits per heavy atom. The maximum atomic E-state index is 6.08. The van der Waals surface area contributed by atoms with E-state index in [0.717, 1.165) is 21.7 Å². The molecule has 3 rings (SSSR count). The number of benzene rings is 1. The van der Waals surface area contributed by atoms with Crippen LogP contribution in [0.2, 0.25) is 4.34 Å². The van der Waals surface area contributed by atoms with E-state index in [0.29, 0.717) is 6.04 Å². The number of hydrogen-bond donors (Lipinski definition) is 1. The van der Waals surface area contributed by atoms with Gasteiger partial charge < -0.3 is 5.32 Å². The molecule has 1 atom stereocenters. The average molecular weight is 343 g/mol. The predicted octanol–water partition coefficient (Wildman–Crippen LogP) is 5.57. The number of fused-ring (bicyclic) bond motifs is 1. The number of anilines is 1. The SMILES string of the molecule is Cc1cc(Br)cc(NC2CCc3sc(Cl)cc32)c1. The minimum Gasteiger partial charge on any atom is -0.378 e. The Labute approximate surface area is 124 Å². The lowest BCUT2D eigenvalue weighted by atomic mass is 10.1. The average Bonchev–Trinajstić information content (AvgIpc) is 2.78. The Morgan fingerprint density at radius 3 is 2.94 bits per heavy atom. The summed E-state index contributed by atoms with van der Waals surface area (Å²) in [6, 6.07) is 8.93. The van der Waals surface area contributed by atoms with Crippen molar-refractivity contribution in [2.24, 2.45) is 0 Å². The smallest absolute Gasteiger partial charge is 0.0934 e. The van der Waals surface area contributed by atoms with Gasteiger partial charge in [0.2, 0.25) is 0 Å². The first kappa shape index (κ1) is 12.5. The van der Waals surface area contributed by atoms with Gasteiger partial charge >= 0.3 is 0 Å². The number of hydrogen-bond acceptors (Lipinski definition) is 2. The van der Waals surface area contributed by atoms with Gasteiger partial charge in [-0.15, -0.1) is 11.3 Å². The minimum atomic E-state index is 0.400. The molecule has 0 radical (unpaired) electrons. The largest absolute Gasteiger partial charge is 0.378 e. The Bertz CT molecular complexity index is 573. The second-order valence-electron chi connectivity index (χ2n) is 4.68. The molecule has 94 valence electrons. The van der Waals surface area contributed by atoms with Gasteiger partial charge in [-0.2, -0.15) is 0 Å². The fourth-order valence-electron chi connectivity index (χ4n) is 2.50. The van der Waals surface area contributed by atoms with Crippen molar-refractivity contribution in [1.82, 2.24) is 0 Å². The van der Waals surface area contributed by atoms with Crippen molar-refractivity contribution in [1.29, 1.82) is 0 Å². The predicted molar refractivity (Wildman–Crippen MR) is 82.9 cm³/mol. The molecular weight excluding hydrogens is 330 g/mol. The van der Waals surface area contributed by atoms with Crippen molar-refractivity contribution >= 4 is 44.6 Å². The van der Waals surface area contributed by atoms with E-state index in [4.69, 9.17) is 11.6 Å². The van der Waals surface area contributed by atoms with Gasteiger partial charge in [0.1, 0.15) is 0 Å². The van der Waals surface area contributed by atoms with E-state index in [1.54, 1.807) is 11.3 Å². The maximum absolute atomic E-state index is 6.08. The van der Waals surface area contributed by atoms with Crippen molar-refractivity contribution in [3.8, 4) is 0 Å². The number of rotatable bonds is 2. The van der Waals surface area contributed by atoms with Crippen LogP contribution in [0.1, 0.15) is 28.5 Å². The summed E-state index contributed by atoms with van der Waals surface area (Å²) in [5.41, 5.74) is 3.80. The van der Waals surface area contributed by atoms with Gasteiger partial charge in [0.15, 0.2) is 0 Å². The minimum absolute atomic E-state index is 0.400. The normalized spacial score (nSPS) is 17.8. The molecule has 0 bridgehead atoms. The molecule has 18 heavy (non-hydrogen) atoms. The third kappa shape index (κ3) is 2.44. The van der Waals surface area contributed by atoms with E-state index in [2.05, 4.69) is 52.4 Å². The summed E-state index contributed by atoms with van der Waals surface area (Å²) in [5, 5.41) is 3.61. The highest BCUT2D eigenvalue weighted by Gasteiger charge is 2.24. The van der Waals surface area contributed by atoms with Crippen LogP contribution in [0, 0.1) is 6.92 Å². The second kappa shape index (κ2) is 4.87. The molecule has 0 spiro atoms. The van der Waals surface area contributed by atoms with E-state index in [-0.39, 0.29) is 0 Å². The molecule has 0 saturated heterocycles. The summed E-state index contributed by atoms with van der Waals surface area (Å²) >= 11 is 11.3. The van der Waals surface area contributed by atoms with E-state index in [1.165, 1.54) is 21.7 Å². The quantitative estimate of drug-likeness (QED) is 0.752. The van der Waals surface area contributed by atoms with Crippen molar-refractivity contribution < 1.29 is 0 Å². The number of aryl methyl sites for hydroxylation is 2. The maximum Gasteiger partial charge on any atom is 0.0934 e. The third-order valence-electron chi connectivity index (χ3n) is 3.23. The van der Waals surface area contributed by atoms with Gasteiger partial charge in [0.25, 0.3) is 0 Å². The number of nitrogens with one attached hydrogen (secondary N) is 1. The molecule has 1 aliphatic rings. The third-order valence-corrected chi connectivity index (χ3v) is 5.03. The molecule has 0 fully saturated rings. The Hall–Kier alpha value is -0.510. The first-order valence-electron chi connectivity index (χ1n) is 5.93. The highest BCUT2D eigenvalue weighted by Crippen LogP contribution is 2.41. The van der Waals surface area contributed by atoms with Gasteiger partial charge in [-0.25, -0.2) is 0 Å². The summed E-state index contributed by atoms with van der Waals surface area (Å²) in [5.74, 6) is 0. The van der Waals surface area contributed by atoms with Gasteiger partial charge in [-0.1, -0.05) is 27.5 Å². The van der Waals surface area contributed by atoms with E-state index in [9.17, 15) is 0 Å². The van der Waals surface area contributed by atoms with Gasteiger partial charge in [0.05, 0.1) is 10.4 Å². The molecular formula is C14H13BrClNS. The summed E-state index contributed by atoms with van der Waals surface area (Å²) < 4.78 is 2.02. The summed E-state index contributed by atoms with van der Waals surface area (Å²) in [7, 11) is 0. The fourth-order valence-corrected chi connectivity index (χ4v) is 4.47. The van der Waals surface area contributed by atoms with Gasteiger partial charge in [-0.3, -0.25) is 0 Å². The van der Waals surface area contributed by atoms with Crippen molar-refractivity contribution in [3.63, 3.8) is 0 Å². The van der Waals surface area contributed by atoms with Crippen molar-refractivity contribution in [2.45, 2.75) is 25.8 Å². The molecule has 0 aliphatic heterocycles. The highest BCUT2D eigenvalue weighted by atomic mass is 79.9. The number of halogens is 2. The Morgan fingerprint density at radius 1 is 1.33 bits per heavy atom. The Balaban J connectivity index is 1.85. The van der Waals surface area contributed by atoms with Crippen LogP contribution in [0.4, 0.5) is 5.69 Å². The van der Waals surface area contributed by atoms with Gasteiger partial charge in [-0.05, 0) is 55.2 Å². The molecule has 1 N–H and O–H groups in total. The summed E-state index contributed by atoms with van der Waals surface area (Å²) in [6.45, 7) is 2.11.